The van der Waals surface area contributed by atoms with Crippen LogP contribution >= 0.6 is 15.9 Å². The van der Waals surface area contributed by atoms with Crippen molar-refractivity contribution in [1.29, 1.82) is 0 Å². The fourth-order valence-corrected chi connectivity index (χ4v) is 20.2. The zero-order chi connectivity index (χ0) is 39.9. The fourth-order valence-electron chi connectivity index (χ4n) is 9.10. The Morgan fingerprint density at radius 1 is 0.815 bits per heavy atom. The summed E-state index contributed by atoms with van der Waals surface area (Å²) in [6.07, 6.45) is -0.353. The topological polar surface area (TPSA) is 66.4 Å². The quantitative estimate of drug-likeness (QED) is 0.0958. The molecule has 54 heavy (non-hydrogen) atoms. The molecule has 0 saturated carbocycles. The summed E-state index contributed by atoms with van der Waals surface area (Å²) in [5, 5.41) is 14.5. The van der Waals surface area contributed by atoms with Gasteiger partial charge >= 0.3 is 0 Å². The first-order valence-corrected chi connectivity index (χ1v) is 25.0. The average Bonchev–Trinajstić information content (AvgIpc) is 3.37. The monoisotopic (exact) mass is 840 g/mol. The summed E-state index contributed by atoms with van der Waals surface area (Å²) in [7, 11) is -3.42. The highest BCUT2D eigenvalue weighted by molar-refractivity contribution is 9.09. The van der Waals surface area contributed by atoms with Crippen LogP contribution in [0.25, 0.3) is 0 Å². The van der Waals surface area contributed by atoms with E-state index in [1.807, 2.05) is 24.3 Å². The minimum Gasteiger partial charge on any atom is -0.497 e. The van der Waals surface area contributed by atoms with E-state index in [2.05, 4.69) is 153 Å². The van der Waals surface area contributed by atoms with Gasteiger partial charge in [-0.25, -0.2) is 0 Å². The van der Waals surface area contributed by atoms with E-state index in [1.54, 1.807) is 7.11 Å². The lowest BCUT2D eigenvalue weighted by Gasteiger charge is -2.46. The van der Waals surface area contributed by atoms with Crippen LogP contribution in [0.3, 0.4) is 0 Å². The highest BCUT2D eigenvalue weighted by atomic mass is 79.9. The van der Waals surface area contributed by atoms with Gasteiger partial charge in [-0.15, -0.1) is 0 Å². The van der Waals surface area contributed by atoms with Crippen LogP contribution < -0.4 is 15.1 Å². The number of rotatable bonds is 19. The maximum absolute atomic E-state index is 12.1. The maximum Gasteiger partial charge on any atom is 0.261 e. The first-order valence-electron chi connectivity index (χ1n) is 20.1. The number of ether oxygens (including phenoxy) is 3. The third-order valence-corrected chi connectivity index (χ3v) is 24.5. The first-order chi connectivity index (χ1) is 25.4. The SMILES string of the molecule is COc1ccc(COC[C@@H](C)C[C@H](O)[C@H]2O[C@](C)(CCO[Si](c3ccccc3)(c3ccccc3)C(C)(C)C)[C@@H](Br)[C@@H]2O[Si](C(C)C)(C(C)C)C(C)C)cc1. The fraction of sp³-hybridized carbons (Fsp3) is 0.600. The molecule has 0 aliphatic carbocycles. The first kappa shape index (κ1) is 44.9. The van der Waals surface area contributed by atoms with Crippen molar-refractivity contribution in [1.82, 2.24) is 0 Å². The Kier molecular flexibility index (Phi) is 15.9. The van der Waals surface area contributed by atoms with Crippen LogP contribution in [0, 0.1) is 5.92 Å². The molecule has 9 heteroatoms. The summed E-state index contributed by atoms with van der Waals surface area (Å²) < 4.78 is 33.4. The lowest BCUT2D eigenvalue weighted by Crippen LogP contribution is -2.66. The van der Waals surface area contributed by atoms with Crippen LogP contribution in [0.4, 0.5) is 0 Å². The van der Waals surface area contributed by atoms with Gasteiger partial charge in [0, 0.05) is 13.2 Å². The van der Waals surface area contributed by atoms with Crippen molar-refractivity contribution in [2.45, 2.75) is 146 Å². The average molecular weight is 842 g/mol. The van der Waals surface area contributed by atoms with Crippen LogP contribution in [0.15, 0.2) is 84.9 Å². The largest absolute Gasteiger partial charge is 0.497 e. The second kappa shape index (κ2) is 19.1. The Morgan fingerprint density at radius 3 is 1.80 bits per heavy atom. The van der Waals surface area contributed by atoms with Crippen LogP contribution in [-0.2, 0) is 24.9 Å². The predicted octanol–water partition coefficient (Wildman–Crippen LogP) is 10.0. The predicted molar refractivity (Wildman–Crippen MR) is 233 cm³/mol. The number of halogens is 1. The molecule has 0 unspecified atom stereocenters. The number of aliphatic hydroxyl groups excluding tert-OH is 1. The molecule has 6 nitrogen and oxygen atoms in total. The molecule has 0 aromatic heterocycles. The smallest absolute Gasteiger partial charge is 0.261 e. The minimum absolute atomic E-state index is 0.115. The molecule has 1 aliphatic heterocycles. The molecular weight excluding hydrogens is 773 g/mol. The van der Waals surface area contributed by atoms with Crippen LogP contribution in [0.5, 0.6) is 5.75 Å². The molecule has 0 radical (unpaired) electrons. The molecule has 3 aromatic carbocycles. The standard InChI is InChI=1S/C45H69BrO6Si2/c1-32(2)53(33(3)4,34(5)6)52-42-41(40(47)29-35(7)30-49-31-36-23-25-37(48-12)26-24-36)51-45(11,43(42)46)27-28-50-54(44(8,9)10,38-19-15-13-16-20-38)39-21-17-14-18-22-39/h13-26,32-35,40-43,47H,27-31H2,1-12H3/t35-,40-,41+,42+,43-,45+/m0/s1. The molecule has 3 aromatic rings. The van der Waals surface area contributed by atoms with Gasteiger partial charge in [-0.3, -0.25) is 0 Å². The zero-order valence-electron chi connectivity index (χ0n) is 35.1. The molecular formula is C45H69BrO6Si2. The number of hydrogen-bond acceptors (Lipinski definition) is 6. The third kappa shape index (κ3) is 9.82. The van der Waals surface area contributed by atoms with E-state index < -0.39 is 34.4 Å². The van der Waals surface area contributed by atoms with Gasteiger partial charge in [0.2, 0.25) is 8.32 Å². The summed E-state index contributed by atoms with van der Waals surface area (Å²) in [4.78, 5) is -0.142. The molecule has 0 amide bonds. The molecule has 0 bridgehead atoms. The molecule has 1 heterocycles. The van der Waals surface area contributed by atoms with E-state index >= 15 is 0 Å². The van der Waals surface area contributed by atoms with Crippen molar-refractivity contribution in [3.63, 3.8) is 0 Å². The van der Waals surface area contributed by atoms with Gasteiger partial charge < -0.3 is 28.2 Å². The lowest BCUT2D eigenvalue weighted by atomic mass is 9.94. The minimum atomic E-state index is -2.74. The molecule has 1 fully saturated rings. The molecule has 6 atom stereocenters. The molecule has 4 rings (SSSR count). The van der Waals surface area contributed by atoms with Gasteiger partial charge in [0.05, 0.1) is 36.4 Å². The number of hydrogen-bond donors (Lipinski definition) is 1. The summed E-state index contributed by atoms with van der Waals surface area (Å²) >= 11 is 4.17. The summed E-state index contributed by atoms with van der Waals surface area (Å²) in [6.45, 7) is 26.7. The number of aliphatic hydroxyl groups is 1. The molecule has 300 valence electrons. The zero-order valence-corrected chi connectivity index (χ0v) is 38.7. The maximum atomic E-state index is 12.1. The van der Waals surface area contributed by atoms with Crippen molar-refractivity contribution < 1.29 is 28.2 Å². The highest BCUT2D eigenvalue weighted by Crippen LogP contribution is 2.49. The Morgan fingerprint density at radius 2 is 1.33 bits per heavy atom. The van der Waals surface area contributed by atoms with Crippen molar-refractivity contribution in [3.05, 3.63) is 90.5 Å². The van der Waals surface area contributed by atoms with E-state index in [1.165, 1.54) is 10.4 Å². The Labute approximate surface area is 338 Å². The second-order valence-corrected chi connectivity index (χ2v) is 28.4. The van der Waals surface area contributed by atoms with E-state index in [-0.39, 0.29) is 21.9 Å². The van der Waals surface area contributed by atoms with Gasteiger partial charge in [-0.2, -0.15) is 0 Å². The van der Waals surface area contributed by atoms with Gasteiger partial charge in [0.15, 0.2) is 0 Å². The summed E-state index contributed by atoms with van der Waals surface area (Å²) in [5.41, 5.74) is 1.63. The van der Waals surface area contributed by atoms with Crippen molar-refractivity contribution in [3.8, 4) is 5.75 Å². The van der Waals surface area contributed by atoms with Crippen LogP contribution in [0.1, 0.15) is 94.6 Å². The van der Waals surface area contributed by atoms with Gasteiger partial charge in [0.25, 0.3) is 8.32 Å². The van der Waals surface area contributed by atoms with Gasteiger partial charge in [-0.05, 0) is 75.4 Å². The summed E-state index contributed by atoms with van der Waals surface area (Å²) in [6, 6.07) is 29.5. The van der Waals surface area contributed by atoms with E-state index in [9.17, 15) is 5.11 Å². The molecule has 1 saturated heterocycles. The van der Waals surface area contributed by atoms with E-state index in [4.69, 9.17) is 23.1 Å². The molecule has 0 spiro atoms. The lowest BCUT2D eigenvalue weighted by molar-refractivity contribution is -0.107. The third-order valence-electron chi connectivity index (χ3n) is 11.8. The van der Waals surface area contributed by atoms with Crippen molar-refractivity contribution in [2.24, 2.45) is 5.92 Å². The van der Waals surface area contributed by atoms with Gasteiger partial charge in [0.1, 0.15) is 11.9 Å². The Hall–Kier alpha value is -1.83. The Bertz CT molecular complexity index is 1490. The van der Waals surface area contributed by atoms with E-state index in [0.717, 1.165) is 11.3 Å². The highest BCUT2D eigenvalue weighted by Gasteiger charge is 2.58. The van der Waals surface area contributed by atoms with Crippen molar-refractivity contribution in [2.75, 3.05) is 20.3 Å². The normalized spacial score (nSPS) is 22.3. The van der Waals surface area contributed by atoms with Gasteiger partial charge in [-0.1, -0.05) is 158 Å². The Balaban J connectivity index is 1.59. The van der Waals surface area contributed by atoms with Crippen LogP contribution in [-0.4, -0.2) is 70.8 Å². The number of alkyl halides is 1. The molecule has 1 aliphatic rings. The van der Waals surface area contributed by atoms with Crippen molar-refractivity contribution >= 4 is 42.9 Å². The van der Waals surface area contributed by atoms with E-state index in [0.29, 0.717) is 49.3 Å². The number of methoxy groups -OCH3 is 1. The molecule has 1 N–H and O–H groups in total. The summed E-state index contributed by atoms with van der Waals surface area (Å²) in [5.74, 6) is 0.943. The second-order valence-electron chi connectivity index (χ2n) is 17.7. The number of benzene rings is 3. The van der Waals surface area contributed by atoms with Crippen LogP contribution in [0.2, 0.25) is 21.7 Å².